The van der Waals surface area contributed by atoms with Crippen LogP contribution in [-0.2, 0) is 19.2 Å². The van der Waals surface area contributed by atoms with Crippen molar-refractivity contribution < 1.29 is 19.2 Å². The molecule has 4 saturated heterocycles. The first-order valence-corrected chi connectivity index (χ1v) is 8.33. The second kappa shape index (κ2) is 4.54. The first kappa shape index (κ1) is 14.2. The molecule has 0 aromatic rings. The molecule has 1 aliphatic carbocycles. The lowest BCUT2D eigenvalue weighted by Gasteiger charge is -2.60. The van der Waals surface area contributed by atoms with Crippen LogP contribution in [0.2, 0.25) is 0 Å². The van der Waals surface area contributed by atoms with Gasteiger partial charge in [-0.25, -0.2) is 9.78 Å². The van der Waals surface area contributed by atoms with E-state index in [1.165, 1.54) is 6.42 Å². The average Bonchev–Trinajstić information content (AvgIpc) is 2.69. The molecule has 0 aromatic heterocycles. The highest BCUT2D eigenvalue weighted by Crippen LogP contribution is 2.60. The average molecular weight is 294 g/mol. The first-order valence-electron chi connectivity index (χ1n) is 8.33. The Bertz CT molecular complexity index is 452. The summed E-state index contributed by atoms with van der Waals surface area (Å²) in [7, 11) is 0. The predicted molar refractivity (Wildman–Crippen MR) is 77.0 cm³/mol. The fourth-order valence-corrected chi connectivity index (χ4v) is 5.11. The van der Waals surface area contributed by atoms with Gasteiger partial charge in [0, 0.05) is 18.3 Å². The molecular formula is C17H26O4. The molecule has 4 heteroatoms. The van der Waals surface area contributed by atoms with E-state index in [0.29, 0.717) is 23.7 Å². The zero-order valence-corrected chi connectivity index (χ0v) is 13.2. The van der Waals surface area contributed by atoms with E-state index in [9.17, 15) is 0 Å². The number of hydrogen-bond donors (Lipinski definition) is 0. The lowest BCUT2D eigenvalue weighted by atomic mass is 9.57. The van der Waals surface area contributed by atoms with Gasteiger partial charge in [-0.15, -0.1) is 6.58 Å². The third-order valence-electron chi connectivity index (χ3n) is 6.50. The molecule has 0 radical (unpaired) electrons. The molecule has 4 heterocycles. The van der Waals surface area contributed by atoms with Crippen molar-refractivity contribution in [2.24, 2.45) is 23.7 Å². The van der Waals surface area contributed by atoms with Gasteiger partial charge in [-0.3, -0.25) is 0 Å². The monoisotopic (exact) mass is 294 g/mol. The minimum absolute atomic E-state index is 0.193. The predicted octanol–water partition coefficient (Wildman–Crippen LogP) is 3.42. The van der Waals surface area contributed by atoms with Gasteiger partial charge in [0.25, 0.3) is 0 Å². The summed E-state index contributed by atoms with van der Waals surface area (Å²) < 4.78 is 12.5. The van der Waals surface area contributed by atoms with Gasteiger partial charge in [0.2, 0.25) is 5.79 Å². The van der Waals surface area contributed by atoms with E-state index in [1.54, 1.807) is 0 Å². The number of allylic oxidation sites excluding steroid dienone is 1. The van der Waals surface area contributed by atoms with Crippen LogP contribution in [0.4, 0.5) is 0 Å². The van der Waals surface area contributed by atoms with Crippen molar-refractivity contribution in [1.82, 2.24) is 0 Å². The molecule has 8 atom stereocenters. The lowest BCUT2D eigenvalue weighted by molar-refractivity contribution is -0.570. The van der Waals surface area contributed by atoms with Crippen LogP contribution in [-0.4, -0.2) is 23.8 Å². The molecular weight excluding hydrogens is 268 g/mol. The van der Waals surface area contributed by atoms with Gasteiger partial charge < -0.3 is 9.47 Å². The molecule has 5 rings (SSSR count). The van der Waals surface area contributed by atoms with Gasteiger partial charge in [-0.05, 0) is 44.9 Å². The van der Waals surface area contributed by atoms with Gasteiger partial charge in [-0.1, -0.05) is 13.0 Å². The summed E-state index contributed by atoms with van der Waals surface area (Å²) in [6, 6.07) is 0. The SMILES string of the molecule is C=C[C@H]1CC[C@@H]2[C@H](C)[C@@H](C)O[C@H]3O[C@]4(C)CC[C@H]1[C@@]32OO4. The van der Waals surface area contributed by atoms with E-state index in [4.69, 9.17) is 19.2 Å². The van der Waals surface area contributed by atoms with Crippen molar-refractivity contribution in [3.8, 4) is 0 Å². The van der Waals surface area contributed by atoms with Crippen molar-refractivity contribution in [3.63, 3.8) is 0 Å². The number of rotatable bonds is 1. The van der Waals surface area contributed by atoms with Crippen molar-refractivity contribution >= 4 is 0 Å². The van der Waals surface area contributed by atoms with Crippen LogP contribution in [0.15, 0.2) is 12.7 Å². The standard InChI is InChI=1S/C17H26O4/c1-5-12-6-7-13-10(2)11(3)18-15-17(13)14(12)8-9-16(4,19-15)20-21-17/h5,10-15H,1,6-9H2,2-4H3/t10-,11-,12+,13-,14-,15+,16+,17-/m1/s1. The highest BCUT2D eigenvalue weighted by molar-refractivity contribution is 5.12. The molecule has 5 fully saturated rings. The Morgan fingerprint density at radius 1 is 1.10 bits per heavy atom. The topological polar surface area (TPSA) is 36.9 Å². The smallest absolute Gasteiger partial charge is 0.201 e. The largest absolute Gasteiger partial charge is 0.346 e. The lowest BCUT2D eigenvalue weighted by Crippen LogP contribution is -2.70. The first-order chi connectivity index (χ1) is 10.00. The summed E-state index contributed by atoms with van der Waals surface area (Å²) in [5.41, 5.74) is -0.459. The van der Waals surface area contributed by atoms with E-state index < -0.39 is 11.4 Å². The van der Waals surface area contributed by atoms with E-state index in [-0.39, 0.29) is 12.4 Å². The molecule has 5 aliphatic rings. The Morgan fingerprint density at radius 2 is 1.90 bits per heavy atom. The molecule has 0 N–H and O–H groups in total. The summed E-state index contributed by atoms with van der Waals surface area (Å²) in [6.45, 7) is 10.4. The second-order valence-corrected chi connectivity index (χ2v) is 7.53. The minimum Gasteiger partial charge on any atom is -0.346 e. The van der Waals surface area contributed by atoms with E-state index in [0.717, 1.165) is 19.3 Å². The zero-order valence-electron chi connectivity index (χ0n) is 13.2. The summed E-state index contributed by atoms with van der Waals surface area (Å²) >= 11 is 0. The van der Waals surface area contributed by atoms with Crippen molar-refractivity contribution in [1.29, 1.82) is 0 Å². The van der Waals surface area contributed by atoms with Crippen LogP contribution < -0.4 is 0 Å². The van der Waals surface area contributed by atoms with Crippen LogP contribution >= 0.6 is 0 Å². The molecule has 0 unspecified atom stereocenters. The van der Waals surface area contributed by atoms with E-state index in [1.807, 2.05) is 6.92 Å². The third kappa shape index (κ3) is 1.76. The van der Waals surface area contributed by atoms with Gasteiger partial charge in [0.15, 0.2) is 11.9 Å². The molecule has 21 heavy (non-hydrogen) atoms. The maximum atomic E-state index is 6.24. The summed E-state index contributed by atoms with van der Waals surface area (Å²) in [5, 5.41) is 0. The van der Waals surface area contributed by atoms with Crippen LogP contribution in [0, 0.1) is 23.7 Å². The fourth-order valence-electron chi connectivity index (χ4n) is 5.11. The molecule has 0 amide bonds. The molecule has 1 saturated carbocycles. The van der Waals surface area contributed by atoms with E-state index in [2.05, 4.69) is 26.5 Å². The zero-order chi connectivity index (χ0) is 14.8. The van der Waals surface area contributed by atoms with Crippen molar-refractivity contribution in [2.45, 2.75) is 70.2 Å². The Labute approximate surface area is 126 Å². The summed E-state index contributed by atoms with van der Waals surface area (Å²) in [4.78, 5) is 11.8. The highest BCUT2D eigenvalue weighted by atomic mass is 17.3. The molecule has 4 aliphatic heterocycles. The Morgan fingerprint density at radius 3 is 2.67 bits per heavy atom. The summed E-state index contributed by atoms with van der Waals surface area (Å²) in [6.07, 6.45) is 6.18. The minimum atomic E-state index is -0.677. The number of hydrogen-bond acceptors (Lipinski definition) is 4. The molecule has 2 bridgehead atoms. The fraction of sp³-hybridized carbons (Fsp3) is 0.882. The van der Waals surface area contributed by atoms with Gasteiger partial charge >= 0.3 is 0 Å². The van der Waals surface area contributed by atoms with Crippen LogP contribution in [0.5, 0.6) is 0 Å². The molecule has 4 nitrogen and oxygen atoms in total. The molecule has 1 spiro atoms. The van der Waals surface area contributed by atoms with Crippen molar-refractivity contribution in [2.75, 3.05) is 0 Å². The Kier molecular flexibility index (Phi) is 3.07. The number of ether oxygens (including phenoxy) is 2. The van der Waals surface area contributed by atoms with Gasteiger partial charge in [0.05, 0.1) is 6.10 Å². The Hall–Kier alpha value is -0.420. The maximum absolute atomic E-state index is 6.24. The van der Waals surface area contributed by atoms with Gasteiger partial charge in [0.1, 0.15) is 0 Å². The summed E-state index contributed by atoms with van der Waals surface area (Å²) in [5.74, 6) is 1.03. The maximum Gasteiger partial charge on any atom is 0.201 e. The molecule has 0 aromatic carbocycles. The normalized spacial score (nSPS) is 59.2. The third-order valence-corrected chi connectivity index (χ3v) is 6.50. The van der Waals surface area contributed by atoms with Gasteiger partial charge in [-0.2, -0.15) is 0 Å². The second-order valence-electron chi connectivity index (χ2n) is 7.53. The molecule has 118 valence electrons. The van der Waals surface area contributed by atoms with E-state index >= 15 is 0 Å². The Balaban J connectivity index is 1.82. The van der Waals surface area contributed by atoms with Crippen LogP contribution in [0.3, 0.4) is 0 Å². The quantitative estimate of drug-likeness (QED) is 0.548. The highest BCUT2D eigenvalue weighted by Gasteiger charge is 2.69. The van der Waals surface area contributed by atoms with Crippen LogP contribution in [0.25, 0.3) is 0 Å². The number of fused-ring (bicyclic) bond motifs is 2. The van der Waals surface area contributed by atoms with Crippen molar-refractivity contribution in [3.05, 3.63) is 12.7 Å². The van der Waals surface area contributed by atoms with Crippen LogP contribution in [0.1, 0.15) is 46.5 Å².